The van der Waals surface area contributed by atoms with E-state index >= 15 is 0 Å². The summed E-state index contributed by atoms with van der Waals surface area (Å²) < 4.78 is 31.2. The van der Waals surface area contributed by atoms with Gasteiger partial charge in [-0.05, 0) is 70.5 Å². The van der Waals surface area contributed by atoms with Crippen LogP contribution in [0.2, 0.25) is 0 Å². The van der Waals surface area contributed by atoms with Crippen LogP contribution in [0, 0.1) is 12.8 Å². The third kappa shape index (κ3) is 7.80. The van der Waals surface area contributed by atoms with Gasteiger partial charge in [0, 0.05) is 5.92 Å². The lowest BCUT2D eigenvalue weighted by Crippen LogP contribution is -2.33. The molecule has 0 heterocycles. The average molecular weight is 401 g/mol. The molecule has 148 valence electrons. The molecular formula is C20H32O4S2. The molecule has 4 nitrogen and oxygen atoms in total. The van der Waals surface area contributed by atoms with E-state index < -0.39 is 10.1 Å². The van der Waals surface area contributed by atoms with E-state index in [0.29, 0.717) is 33.1 Å². The molecule has 0 bridgehead atoms. The summed E-state index contributed by atoms with van der Waals surface area (Å²) in [6.45, 7) is 10.8. The number of Topliss-reactive ketones (excluding diaryl/α,β-unsaturated/α-hetero) is 1. The largest absolute Gasteiger partial charge is 0.744 e. The number of aryl methyl sites for hydroxylation is 1. The molecular weight excluding hydrogens is 368 g/mol. The molecule has 0 atom stereocenters. The van der Waals surface area contributed by atoms with Gasteiger partial charge in [0.15, 0.2) is 11.5 Å². The normalized spacial score (nSPS) is 15.4. The molecule has 0 spiro atoms. The highest BCUT2D eigenvalue weighted by atomic mass is 32.2. The Labute approximate surface area is 161 Å². The van der Waals surface area contributed by atoms with Gasteiger partial charge >= 0.3 is 0 Å². The second kappa shape index (κ2) is 10.5. The van der Waals surface area contributed by atoms with E-state index in [2.05, 4.69) is 27.7 Å². The molecule has 1 aliphatic carbocycles. The van der Waals surface area contributed by atoms with Gasteiger partial charge in [0.2, 0.25) is 0 Å². The molecule has 0 N–H and O–H groups in total. The van der Waals surface area contributed by atoms with Crippen LogP contribution in [0.1, 0.15) is 58.9 Å². The zero-order valence-corrected chi connectivity index (χ0v) is 18.2. The maximum absolute atomic E-state index is 12.1. The van der Waals surface area contributed by atoms with E-state index in [-0.39, 0.29) is 4.90 Å². The van der Waals surface area contributed by atoms with Crippen molar-refractivity contribution in [3.8, 4) is 0 Å². The molecule has 1 aliphatic rings. The first kappa shape index (κ1) is 23.2. The fourth-order valence-electron chi connectivity index (χ4n) is 3.11. The lowest BCUT2D eigenvalue weighted by Gasteiger charge is -2.16. The van der Waals surface area contributed by atoms with Crippen molar-refractivity contribution in [3.63, 3.8) is 0 Å². The molecule has 6 heteroatoms. The topological polar surface area (TPSA) is 74.3 Å². The minimum Gasteiger partial charge on any atom is -0.744 e. The van der Waals surface area contributed by atoms with Crippen molar-refractivity contribution in [2.24, 2.45) is 5.92 Å². The van der Waals surface area contributed by atoms with Gasteiger partial charge in [-0.3, -0.25) is 4.79 Å². The molecule has 0 aliphatic heterocycles. The predicted octanol–water partition coefficient (Wildman–Crippen LogP) is 4.08. The summed E-state index contributed by atoms with van der Waals surface area (Å²) in [6, 6.07) is 5.78. The van der Waals surface area contributed by atoms with Crippen LogP contribution in [0.4, 0.5) is 0 Å². The van der Waals surface area contributed by atoms with Crippen molar-refractivity contribution in [1.29, 1.82) is 0 Å². The summed E-state index contributed by atoms with van der Waals surface area (Å²) in [5.74, 6) is 1.82. The molecule has 1 fully saturated rings. The molecule has 0 saturated heterocycles. The van der Waals surface area contributed by atoms with Gasteiger partial charge in [-0.1, -0.05) is 30.5 Å². The first-order chi connectivity index (χ1) is 12.0. The Morgan fingerprint density at radius 3 is 1.92 bits per heavy atom. The van der Waals surface area contributed by atoms with Crippen LogP contribution in [-0.2, 0) is 25.8 Å². The summed E-state index contributed by atoms with van der Waals surface area (Å²) in [5, 5.41) is 1.32. The minimum atomic E-state index is -4.27. The van der Waals surface area contributed by atoms with Gasteiger partial charge in [-0.25, -0.2) is 8.42 Å². The highest BCUT2D eigenvalue weighted by Gasteiger charge is 2.33. The van der Waals surface area contributed by atoms with Crippen LogP contribution in [0.5, 0.6) is 0 Å². The standard InChI is InChI=1S/C13H25OS.C7H8O3S/c1-10(2)15(11(3)4)9-13(14)12-7-5-6-8-12;1-6-2-4-7(5-3-6)11(8,9)10/h10-12H,5-9H2,1-4H3;2-5H,1H3,(H,8,9,10)/q+1;/p-1. The molecule has 1 aromatic carbocycles. The number of rotatable bonds is 6. The van der Waals surface area contributed by atoms with Gasteiger partial charge in [0.1, 0.15) is 20.6 Å². The van der Waals surface area contributed by atoms with Crippen molar-refractivity contribution >= 4 is 26.8 Å². The molecule has 26 heavy (non-hydrogen) atoms. The van der Waals surface area contributed by atoms with Crippen LogP contribution < -0.4 is 0 Å². The van der Waals surface area contributed by atoms with E-state index in [4.69, 9.17) is 0 Å². The number of carbonyl (C=O) groups is 1. The van der Waals surface area contributed by atoms with Gasteiger partial charge in [0.25, 0.3) is 0 Å². The van der Waals surface area contributed by atoms with Crippen molar-refractivity contribution in [2.75, 3.05) is 5.75 Å². The Balaban J connectivity index is 0.000000273. The van der Waals surface area contributed by atoms with Gasteiger partial charge in [-0.15, -0.1) is 0 Å². The Kier molecular flexibility index (Phi) is 9.34. The Morgan fingerprint density at radius 1 is 1.08 bits per heavy atom. The van der Waals surface area contributed by atoms with Crippen LogP contribution in [0.25, 0.3) is 0 Å². The first-order valence-electron chi connectivity index (χ1n) is 9.26. The lowest BCUT2D eigenvalue weighted by molar-refractivity contribution is -0.120. The second-order valence-electron chi connectivity index (χ2n) is 7.43. The Bertz CT molecular complexity index is 650. The van der Waals surface area contributed by atoms with Crippen LogP contribution in [0.15, 0.2) is 29.2 Å². The number of hydrogen-bond donors (Lipinski definition) is 0. The first-order valence-corrected chi connectivity index (χ1v) is 12.2. The fourth-order valence-corrected chi connectivity index (χ4v) is 5.90. The van der Waals surface area contributed by atoms with E-state index in [1.54, 1.807) is 12.1 Å². The van der Waals surface area contributed by atoms with Gasteiger partial charge in [0.05, 0.1) is 4.90 Å². The van der Waals surface area contributed by atoms with E-state index in [1.165, 1.54) is 25.0 Å². The van der Waals surface area contributed by atoms with Gasteiger partial charge < -0.3 is 4.55 Å². The number of ketones is 1. The van der Waals surface area contributed by atoms with E-state index in [1.807, 2.05) is 6.92 Å². The molecule has 1 saturated carbocycles. The fraction of sp³-hybridized carbons (Fsp3) is 0.650. The molecule has 0 unspecified atom stereocenters. The lowest BCUT2D eigenvalue weighted by atomic mass is 10.0. The highest BCUT2D eigenvalue weighted by molar-refractivity contribution is 7.98. The van der Waals surface area contributed by atoms with Crippen LogP contribution in [-0.4, -0.2) is 35.0 Å². The van der Waals surface area contributed by atoms with Crippen molar-refractivity contribution in [3.05, 3.63) is 29.8 Å². The molecule has 1 aromatic rings. The molecule has 2 rings (SSSR count). The van der Waals surface area contributed by atoms with Crippen LogP contribution >= 0.6 is 0 Å². The predicted molar refractivity (Wildman–Crippen MR) is 109 cm³/mol. The van der Waals surface area contributed by atoms with Crippen molar-refractivity contribution in [1.82, 2.24) is 0 Å². The Hall–Kier alpha value is -0.850. The molecule has 0 radical (unpaired) electrons. The quantitative estimate of drug-likeness (QED) is 0.533. The van der Waals surface area contributed by atoms with E-state index in [9.17, 15) is 17.8 Å². The second-order valence-corrected chi connectivity index (χ2v) is 11.9. The summed E-state index contributed by atoms with van der Waals surface area (Å²) in [6.07, 6.45) is 4.86. The third-order valence-electron chi connectivity index (χ3n) is 4.64. The monoisotopic (exact) mass is 400 g/mol. The van der Waals surface area contributed by atoms with Crippen LogP contribution in [0.3, 0.4) is 0 Å². The maximum Gasteiger partial charge on any atom is 0.184 e. The number of benzene rings is 1. The highest BCUT2D eigenvalue weighted by Crippen LogP contribution is 2.27. The summed E-state index contributed by atoms with van der Waals surface area (Å²) in [5.41, 5.74) is 0.928. The van der Waals surface area contributed by atoms with E-state index in [0.717, 1.165) is 24.2 Å². The molecule has 0 aromatic heterocycles. The summed E-state index contributed by atoms with van der Waals surface area (Å²) in [4.78, 5) is 11.9. The number of carbonyl (C=O) groups excluding carboxylic acids is 1. The third-order valence-corrected chi connectivity index (χ3v) is 8.53. The average Bonchev–Trinajstić information content (AvgIpc) is 3.06. The zero-order chi connectivity index (χ0) is 19.9. The van der Waals surface area contributed by atoms with Gasteiger partial charge in [-0.2, -0.15) is 0 Å². The van der Waals surface area contributed by atoms with Crippen molar-refractivity contribution < 1.29 is 17.8 Å². The smallest absolute Gasteiger partial charge is 0.184 e. The minimum absolute atomic E-state index is 0.178. The number of hydrogen-bond acceptors (Lipinski definition) is 4. The van der Waals surface area contributed by atoms with Crippen molar-refractivity contribution in [2.45, 2.75) is 75.7 Å². The Morgan fingerprint density at radius 2 is 1.54 bits per heavy atom. The summed E-state index contributed by atoms with van der Waals surface area (Å²) in [7, 11) is -3.97. The zero-order valence-electron chi connectivity index (χ0n) is 16.5. The maximum atomic E-state index is 12.1. The SMILES string of the molecule is CC(C)[S+](CC(=O)C1CCCC1)C(C)C.Cc1ccc(S(=O)(=O)[O-])cc1. The molecule has 0 amide bonds. The summed E-state index contributed by atoms with van der Waals surface area (Å²) >= 11 is 0.